The van der Waals surface area contributed by atoms with Gasteiger partial charge in [-0.2, -0.15) is 0 Å². The van der Waals surface area contributed by atoms with Gasteiger partial charge in [-0.1, -0.05) is 13.8 Å². The van der Waals surface area contributed by atoms with Gasteiger partial charge in [-0.05, 0) is 24.1 Å². The summed E-state index contributed by atoms with van der Waals surface area (Å²) in [6, 6.07) is 4.61. The third kappa shape index (κ3) is 2.90. The molecule has 0 saturated heterocycles. The molecule has 20 heavy (non-hydrogen) atoms. The van der Waals surface area contributed by atoms with Crippen LogP contribution in [0.15, 0.2) is 33.3 Å². The Balaban J connectivity index is 2.01. The van der Waals surface area contributed by atoms with E-state index < -0.39 is 5.97 Å². The molecule has 0 spiro atoms. The van der Waals surface area contributed by atoms with Gasteiger partial charge in [-0.3, -0.25) is 4.79 Å². The molecule has 0 aromatic carbocycles. The van der Waals surface area contributed by atoms with Crippen molar-refractivity contribution in [2.24, 2.45) is 0 Å². The van der Waals surface area contributed by atoms with Crippen LogP contribution in [-0.4, -0.2) is 17.0 Å². The molecule has 1 amide bonds. The minimum absolute atomic E-state index is 0.102. The first-order valence-electron chi connectivity index (χ1n) is 6.16. The van der Waals surface area contributed by atoms with Crippen molar-refractivity contribution in [2.45, 2.75) is 26.3 Å². The topological polar surface area (TPSA) is 92.7 Å². The molecule has 0 bridgehead atoms. The molecule has 0 unspecified atom stereocenters. The van der Waals surface area contributed by atoms with E-state index in [1.165, 1.54) is 18.4 Å². The van der Waals surface area contributed by atoms with Crippen LogP contribution in [0, 0.1) is 0 Å². The van der Waals surface area contributed by atoms with Crippen LogP contribution in [0.5, 0.6) is 0 Å². The minimum Gasteiger partial charge on any atom is -0.475 e. The highest BCUT2D eigenvalue weighted by Crippen LogP contribution is 2.20. The van der Waals surface area contributed by atoms with Crippen molar-refractivity contribution in [3.05, 3.63) is 47.3 Å². The van der Waals surface area contributed by atoms with Gasteiger partial charge >= 0.3 is 5.97 Å². The normalized spacial score (nSPS) is 10.8. The third-order valence-corrected chi connectivity index (χ3v) is 2.82. The van der Waals surface area contributed by atoms with Gasteiger partial charge in [-0.25, -0.2) is 4.79 Å². The number of rotatable bonds is 5. The zero-order valence-corrected chi connectivity index (χ0v) is 11.2. The molecule has 0 atom stereocenters. The molecule has 2 N–H and O–H groups in total. The lowest BCUT2D eigenvalue weighted by Gasteiger charge is -2.05. The molecule has 6 nitrogen and oxygen atoms in total. The van der Waals surface area contributed by atoms with E-state index in [4.69, 9.17) is 13.9 Å². The molecule has 2 heterocycles. The summed E-state index contributed by atoms with van der Waals surface area (Å²) in [4.78, 5) is 22.6. The second-order valence-corrected chi connectivity index (χ2v) is 4.61. The number of carbonyl (C=O) groups is 2. The molecule has 0 aliphatic rings. The van der Waals surface area contributed by atoms with Crippen molar-refractivity contribution in [1.82, 2.24) is 5.32 Å². The average molecular weight is 277 g/mol. The molecule has 0 aliphatic heterocycles. The lowest BCUT2D eigenvalue weighted by Crippen LogP contribution is -2.23. The Bertz CT molecular complexity index is 623. The second kappa shape index (κ2) is 5.64. The van der Waals surface area contributed by atoms with Gasteiger partial charge in [0.05, 0.1) is 12.8 Å². The molecule has 2 aromatic heterocycles. The first kappa shape index (κ1) is 13.9. The first-order chi connectivity index (χ1) is 9.49. The number of hydrogen-bond donors (Lipinski definition) is 2. The van der Waals surface area contributed by atoms with Crippen molar-refractivity contribution in [2.75, 3.05) is 0 Å². The van der Waals surface area contributed by atoms with E-state index in [1.54, 1.807) is 6.07 Å². The zero-order chi connectivity index (χ0) is 14.7. The largest absolute Gasteiger partial charge is 0.475 e. The molecule has 0 aliphatic carbocycles. The maximum Gasteiger partial charge on any atom is 0.371 e. The van der Waals surface area contributed by atoms with Crippen molar-refractivity contribution >= 4 is 11.9 Å². The first-order valence-corrected chi connectivity index (χ1v) is 6.16. The van der Waals surface area contributed by atoms with Crippen LogP contribution < -0.4 is 5.32 Å². The predicted molar refractivity (Wildman–Crippen MR) is 69.6 cm³/mol. The Kier molecular flexibility index (Phi) is 3.93. The smallest absolute Gasteiger partial charge is 0.371 e. The SMILES string of the molecule is CC(C)c1ccoc1C(=O)NCc1ccc(C(=O)O)o1. The van der Waals surface area contributed by atoms with Crippen LogP contribution in [-0.2, 0) is 6.54 Å². The molecule has 2 rings (SSSR count). The fourth-order valence-electron chi connectivity index (χ4n) is 1.79. The highest BCUT2D eigenvalue weighted by molar-refractivity contribution is 5.93. The maximum absolute atomic E-state index is 12.0. The van der Waals surface area contributed by atoms with Crippen molar-refractivity contribution in [1.29, 1.82) is 0 Å². The Morgan fingerprint density at radius 3 is 2.65 bits per heavy atom. The number of aromatic carboxylic acids is 1. The molecule has 0 saturated carbocycles. The lowest BCUT2D eigenvalue weighted by atomic mass is 10.0. The number of furan rings is 2. The quantitative estimate of drug-likeness (QED) is 0.876. The Morgan fingerprint density at radius 2 is 2.05 bits per heavy atom. The van der Waals surface area contributed by atoms with Crippen LogP contribution in [0.25, 0.3) is 0 Å². The number of nitrogens with one attached hydrogen (secondary N) is 1. The van der Waals surface area contributed by atoms with Gasteiger partial charge in [-0.15, -0.1) is 0 Å². The monoisotopic (exact) mass is 277 g/mol. The van der Waals surface area contributed by atoms with Crippen molar-refractivity contribution in [3.63, 3.8) is 0 Å². The Hall–Kier alpha value is -2.50. The standard InChI is InChI=1S/C14H15NO5/c1-8(2)10-5-6-19-12(10)13(16)15-7-9-3-4-11(20-9)14(17)18/h3-6,8H,7H2,1-2H3,(H,15,16)(H,17,18). The number of amides is 1. The number of carboxylic acid groups (broad SMARTS) is 1. The van der Waals surface area contributed by atoms with Gasteiger partial charge in [0.15, 0.2) is 5.76 Å². The van der Waals surface area contributed by atoms with Crippen LogP contribution in [0.1, 0.15) is 52.2 Å². The van der Waals surface area contributed by atoms with Crippen molar-refractivity contribution < 1.29 is 23.5 Å². The summed E-state index contributed by atoms with van der Waals surface area (Å²) in [5.41, 5.74) is 0.827. The Labute approximate surface area is 115 Å². The van der Waals surface area contributed by atoms with Crippen LogP contribution >= 0.6 is 0 Å². The average Bonchev–Trinajstić information content (AvgIpc) is 3.04. The number of carboxylic acids is 1. The minimum atomic E-state index is -1.14. The van der Waals surface area contributed by atoms with Crippen LogP contribution in [0.4, 0.5) is 0 Å². The molecule has 2 aromatic rings. The summed E-state index contributed by atoms with van der Waals surface area (Å²) >= 11 is 0. The number of carbonyl (C=O) groups excluding carboxylic acids is 1. The van der Waals surface area contributed by atoms with Crippen LogP contribution in [0.3, 0.4) is 0 Å². The molecule has 6 heteroatoms. The van der Waals surface area contributed by atoms with E-state index in [0.717, 1.165) is 5.56 Å². The van der Waals surface area contributed by atoms with Gasteiger partial charge in [0.25, 0.3) is 5.91 Å². The van der Waals surface area contributed by atoms with Crippen LogP contribution in [0.2, 0.25) is 0 Å². The van der Waals surface area contributed by atoms with Gasteiger partial charge < -0.3 is 19.3 Å². The lowest BCUT2D eigenvalue weighted by molar-refractivity contribution is 0.0660. The zero-order valence-electron chi connectivity index (χ0n) is 11.2. The highest BCUT2D eigenvalue weighted by atomic mass is 16.4. The van der Waals surface area contributed by atoms with E-state index in [2.05, 4.69) is 5.32 Å². The second-order valence-electron chi connectivity index (χ2n) is 4.61. The van der Waals surface area contributed by atoms with E-state index in [9.17, 15) is 9.59 Å². The molecule has 106 valence electrons. The highest BCUT2D eigenvalue weighted by Gasteiger charge is 2.18. The summed E-state index contributed by atoms with van der Waals surface area (Å²) in [6.07, 6.45) is 1.47. The summed E-state index contributed by atoms with van der Waals surface area (Å²) in [5.74, 6) is -0.840. The molecule has 0 radical (unpaired) electrons. The van der Waals surface area contributed by atoms with Gasteiger partial charge in [0.1, 0.15) is 5.76 Å². The summed E-state index contributed by atoms with van der Waals surface area (Å²) in [6.45, 7) is 4.03. The van der Waals surface area contributed by atoms with E-state index >= 15 is 0 Å². The summed E-state index contributed by atoms with van der Waals surface area (Å²) < 4.78 is 10.2. The third-order valence-electron chi connectivity index (χ3n) is 2.82. The summed E-state index contributed by atoms with van der Waals surface area (Å²) in [5, 5.41) is 11.4. The predicted octanol–water partition coefficient (Wildman–Crippen LogP) is 2.62. The van der Waals surface area contributed by atoms with E-state index in [0.29, 0.717) is 5.76 Å². The molecule has 0 fully saturated rings. The van der Waals surface area contributed by atoms with Crippen molar-refractivity contribution in [3.8, 4) is 0 Å². The molecular formula is C14H15NO5. The fourth-order valence-corrected chi connectivity index (χ4v) is 1.79. The van der Waals surface area contributed by atoms with Gasteiger partial charge in [0.2, 0.25) is 5.76 Å². The van der Waals surface area contributed by atoms with Gasteiger partial charge in [0, 0.05) is 5.56 Å². The van der Waals surface area contributed by atoms with E-state index in [1.807, 2.05) is 13.8 Å². The van der Waals surface area contributed by atoms with E-state index in [-0.39, 0.29) is 29.9 Å². The maximum atomic E-state index is 12.0. The molecular weight excluding hydrogens is 262 g/mol. The Morgan fingerprint density at radius 1 is 1.30 bits per heavy atom. The summed E-state index contributed by atoms with van der Waals surface area (Å²) in [7, 11) is 0. The number of hydrogen-bond acceptors (Lipinski definition) is 4. The fraction of sp³-hybridized carbons (Fsp3) is 0.286.